The highest BCUT2D eigenvalue weighted by Gasteiger charge is 2.29. The predicted octanol–water partition coefficient (Wildman–Crippen LogP) is 3.64. The summed E-state index contributed by atoms with van der Waals surface area (Å²) in [5.41, 5.74) is 3.88. The summed E-state index contributed by atoms with van der Waals surface area (Å²) < 4.78 is 7.39. The Hall–Kier alpha value is -4.59. The highest BCUT2D eigenvalue weighted by molar-refractivity contribution is 6.28. The van der Waals surface area contributed by atoms with Crippen molar-refractivity contribution in [3.63, 3.8) is 0 Å². The quantitative estimate of drug-likeness (QED) is 0.422. The molecule has 8 nitrogen and oxygen atoms in total. The van der Waals surface area contributed by atoms with Gasteiger partial charge in [0, 0.05) is 34.9 Å². The van der Waals surface area contributed by atoms with Gasteiger partial charge in [0.15, 0.2) is 11.6 Å². The Kier molecular flexibility index (Phi) is 5.47. The highest BCUT2D eigenvalue weighted by Crippen LogP contribution is 2.28. The lowest BCUT2D eigenvalue weighted by molar-refractivity contribution is -0.114. The van der Waals surface area contributed by atoms with Gasteiger partial charge in [-0.05, 0) is 42.0 Å². The van der Waals surface area contributed by atoms with Crippen molar-refractivity contribution in [1.29, 1.82) is 0 Å². The lowest BCUT2D eigenvalue weighted by Gasteiger charge is -2.18. The van der Waals surface area contributed by atoms with E-state index in [0.29, 0.717) is 45.9 Å². The summed E-state index contributed by atoms with van der Waals surface area (Å²) in [5.74, 6) is 0.220. The van der Waals surface area contributed by atoms with Crippen LogP contribution in [0.3, 0.4) is 0 Å². The van der Waals surface area contributed by atoms with E-state index in [1.54, 1.807) is 71.5 Å². The van der Waals surface area contributed by atoms with Crippen molar-refractivity contribution in [3.05, 3.63) is 106 Å². The second-order valence-corrected chi connectivity index (χ2v) is 7.99. The molecule has 34 heavy (non-hydrogen) atoms. The van der Waals surface area contributed by atoms with Gasteiger partial charge in [-0.2, -0.15) is 0 Å². The Morgan fingerprint density at radius 2 is 1.59 bits per heavy atom. The summed E-state index contributed by atoms with van der Waals surface area (Å²) in [6, 6.07) is 19.2. The number of rotatable bonds is 6. The summed E-state index contributed by atoms with van der Waals surface area (Å²) in [4.78, 5) is 36.8. The minimum atomic E-state index is -0.149. The number of anilines is 1. The fourth-order valence-electron chi connectivity index (χ4n) is 3.91. The molecular weight excluding hydrogens is 432 g/mol. The molecule has 1 aliphatic carbocycles. The third-order valence-corrected chi connectivity index (χ3v) is 5.48. The number of ether oxygens (including phenoxy) is 1. The van der Waals surface area contributed by atoms with Crippen molar-refractivity contribution < 1.29 is 19.1 Å². The molecule has 168 valence electrons. The molecule has 0 radical (unpaired) electrons. The molecular formula is C26H20N4O4. The molecule has 3 aromatic carbocycles. The lowest BCUT2D eigenvalue weighted by Crippen LogP contribution is -2.21. The van der Waals surface area contributed by atoms with Crippen molar-refractivity contribution in [3.8, 4) is 5.75 Å². The summed E-state index contributed by atoms with van der Waals surface area (Å²) in [5, 5.41) is 11.0. The van der Waals surface area contributed by atoms with Gasteiger partial charge in [0.2, 0.25) is 5.91 Å². The van der Waals surface area contributed by atoms with E-state index in [9.17, 15) is 14.4 Å². The van der Waals surface area contributed by atoms with Crippen LogP contribution in [0.4, 0.5) is 5.69 Å². The minimum Gasteiger partial charge on any atom is -0.487 e. The lowest BCUT2D eigenvalue weighted by atomic mass is 9.83. The second-order valence-electron chi connectivity index (χ2n) is 7.99. The number of nitrogens with zero attached hydrogens (tertiary/aromatic N) is 3. The van der Waals surface area contributed by atoms with Crippen molar-refractivity contribution in [2.75, 3.05) is 5.32 Å². The summed E-state index contributed by atoms with van der Waals surface area (Å²) in [7, 11) is 0. The van der Waals surface area contributed by atoms with Crippen LogP contribution in [0.1, 0.15) is 50.0 Å². The van der Waals surface area contributed by atoms with E-state index in [1.165, 1.54) is 6.92 Å². The second kappa shape index (κ2) is 8.74. The average Bonchev–Trinajstić information content (AvgIpc) is 3.29. The van der Waals surface area contributed by atoms with Crippen LogP contribution in [0.25, 0.3) is 0 Å². The van der Waals surface area contributed by atoms with Crippen LogP contribution in [-0.4, -0.2) is 32.5 Å². The Balaban J connectivity index is 1.26. The molecule has 1 aliphatic rings. The zero-order valence-corrected chi connectivity index (χ0v) is 18.3. The molecule has 0 saturated heterocycles. The first-order valence-corrected chi connectivity index (χ1v) is 10.7. The standard InChI is InChI=1S/C26H20N4O4/c1-16(31)27-18-7-9-20(10-8-18)34-15-19-14-30(29-28-19)13-17-6-11-23-24(12-17)26(33)22-5-3-2-4-21(22)25(23)32/h2-12,14H,13,15H2,1H3,(H,27,31). The number of amides is 1. The van der Waals surface area contributed by atoms with Crippen LogP contribution in [0, 0.1) is 0 Å². The number of benzene rings is 3. The van der Waals surface area contributed by atoms with Gasteiger partial charge in [-0.25, -0.2) is 4.68 Å². The summed E-state index contributed by atoms with van der Waals surface area (Å²) in [6.45, 7) is 2.08. The van der Waals surface area contributed by atoms with Gasteiger partial charge in [-0.3, -0.25) is 14.4 Å². The normalized spacial score (nSPS) is 12.1. The zero-order chi connectivity index (χ0) is 23.7. The molecule has 1 heterocycles. The molecule has 1 N–H and O–H groups in total. The smallest absolute Gasteiger partial charge is 0.221 e. The third kappa shape index (κ3) is 4.21. The summed E-state index contributed by atoms with van der Waals surface area (Å²) in [6.07, 6.45) is 1.77. The van der Waals surface area contributed by atoms with Crippen LogP contribution in [-0.2, 0) is 17.9 Å². The number of fused-ring (bicyclic) bond motifs is 2. The van der Waals surface area contributed by atoms with Crippen LogP contribution in [0.5, 0.6) is 5.75 Å². The third-order valence-electron chi connectivity index (χ3n) is 5.48. The monoisotopic (exact) mass is 452 g/mol. The van der Waals surface area contributed by atoms with Crippen LogP contribution < -0.4 is 10.1 Å². The molecule has 0 aliphatic heterocycles. The molecule has 1 aromatic heterocycles. The first-order chi connectivity index (χ1) is 16.5. The molecule has 0 bridgehead atoms. The van der Waals surface area contributed by atoms with Gasteiger partial charge in [0.25, 0.3) is 0 Å². The van der Waals surface area contributed by atoms with E-state index in [1.807, 2.05) is 6.07 Å². The molecule has 4 aromatic rings. The number of hydrogen-bond donors (Lipinski definition) is 1. The summed E-state index contributed by atoms with van der Waals surface area (Å²) >= 11 is 0. The van der Waals surface area contributed by atoms with E-state index in [2.05, 4.69) is 15.6 Å². The topological polar surface area (TPSA) is 103 Å². The fourth-order valence-corrected chi connectivity index (χ4v) is 3.91. The Labute approximate surface area is 195 Å². The molecule has 0 unspecified atom stereocenters. The van der Waals surface area contributed by atoms with Crippen molar-refractivity contribution >= 4 is 23.2 Å². The Morgan fingerprint density at radius 1 is 0.912 bits per heavy atom. The maximum atomic E-state index is 12.9. The van der Waals surface area contributed by atoms with E-state index >= 15 is 0 Å². The fraction of sp³-hybridized carbons (Fsp3) is 0.115. The average molecular weight is 452 g/mol. The molecule has 0 fully saturated rings. The van der Waals surface area contributed by atoms with E-state index in [-0.39, 0.29) is 24.1 Å². The van der Waals surface area contributed by atoms with Crippen molar-refractivity contribution in [2.24, 2.45) is 0 Å². The molecule has 5 rings (SSSR count). The predicted molar refractivity (Wildman–Crippen MR) is 124 cm³/mol. The molecule has 8 heteroatoms. The first kappa shape index (κ1) is 21.3. The van der Waals surface area contributed by atoms with Crippen molar-refractivity contribution in [2.45, 2.75) is 20.1 Å². The first-order valence-electron chi connectivity index (χ1n) is 10.7. The van der Waals surface area contributed by atoms with Crippen LogP contribution in [0.2, 0.25) is 0 Å². The highest BCUT2D eigenvalue weighted by atomic mass is 16.5. The van der Waals surface area contributed by atoms with Gasteiger partial charge >= 0.3 is 0 Å². The van der Waals surface area contributed by atoms with Gasteiger partial charge < -0.3 is 10.1 Å². The minimum absolute atomic E-state index is 0.134. The van der Waals surface area contributed by atoms with Crippen LogP contribution >= 0.6 is 0 Å². The van der Waals surface area contributed by atoms with Crippen molar-refractivity contribution in [1.82, 2.24) is 15.0 Å². The maximum absolute atomic E-state index is 12.9. The van der Waals surface area contributed by atoms with E-state index in [0.717, 1.165) is 5.56 Å². The number of aromatic nitrogens is 3. The number of carbonyl (C=O) groups is 3. The van der Waals surface area contributed by atoms with E-state index < -0.39 is 0 Å². The van der Waals surface area contributed by atoms with Gasteiger partial charge in [-0.1, -0.05) is 35.5 Å². The molecule has 1 amide bonds. The maximum Gasteiger partial charge on any atom is 0.221 e. The van der Waals surface area contributed by atoms with E-state index in [4.69, 9.17) is 4.74 Å². The van der Waals surface area contributed by atoms with Gasteiger partial charge in [0.05, 0.1) is 12.7 Å². The molecule has 0 atom stereocenters. The SMILES string of the molecule is CC(=O)Nc1ccc(OCc2cn(Cc3ccc4c(c3)C(=O)c3ccccc3C4=O)nn2)cc1. The van der Waals surface area contributed by atoms with Gasteiger partial charge in [-0.15, -0.1) is 5.10 Å². The van der Waals surface area contributed by atoms with Gasteiger partial charge in [0.1, 0.15) is 18.1 Å². The molecule has 0 saturated carbocycles. The zero-order valence-electron chi connectivity index (χ0n) is 18.3. The number of ketones is 2. The number of hydrogen-bond acceptors (Lipinski definition) is 6. The molecule has 0 spiro atoms. The largest absolute Gasteiger partial charge is 0.487 e. The number of nitrogens with one attached hydrogen (secondary N) is 1. The Bertz CT molecular complexity index is 1420. The van der Waals surface area contributed by atoms with Crippen LogP contribution in [0.15, 0.2) is 72.9 Å². The Morgan fingerprint density at radius 3 is 2.29 bits per heavy atom. The number of carbonyl (C=O) groups excluding carboxylic acids is 3.